The van der Waals surface area contributed by atoms with Crippen LogP contribution < -0.4 is 10.6 Å². The molecule has 1 fully saturated rings. The Hall–Kier alpha value is -0.570. The van der Waals surface area contributed by atoms with Crippen LogP contribution >= 0.6 is 0 Å². The molecule has 0 aromatic heterocycles. The molecule has 0 saturated heterocycles. The first-order valence-electron chi connectivity index (χ1n) is 4.83. The molecule has 3 nitrogen and oxygen atoms in total. The molecule has 0 aromatic rings. The lowest BCUT2D eigenvalue weighted by atomic mass is 10.3. The number of hydrogen-bond acceptors (Lipinski definition) is 2. The van der Waals surface area contributed by atoms with Gasteiger partial charge in [-0.1, -0.05) is 6.92 Å². The number of nitrogens with one attached hydrogen (secondary N) is 2. The minimum Gasteiger partial charge on any atom is -0.353 e. The van der Waals surface area contributed by atoms with Gasteiger partial charge in [0.25, 0.3) is 0 Å². The highest BCUT2D eigenvalue weighted by molar-refractivity contribution is 5.76. The van der Waals surface area contributed by atoms with E-state index in [0.717, 1.165) is 19.5 Å². The second-order valence-electron chi connectivity index (χ2n) is 3.30. The topological polar surface area (TPSA) is 41.1 Å². The maximum absolute atomic E-state index is 11.1. The van der Waals surface area contributed by atoms with Gasteiger partial charge in [0.1, 0.15) is 0 Å². The van der Waals surface area contributed by atoms with Crippen LogP contribution in [0.3, 0.4) is 0 Å². The average Bonchev–Trinajstić information content (AvgIpc) is 2.82. The first-order valence-corrected chi connectivity index (χ1v) is 4.83. The highest BCUT2D eigenvalue weighted by Crippen LogP contribution is 2.18. The highest BCUT2D eigenvalue weighted by Gasteiger charge is 2.22. The van der Waals surface area contributed by atoms with E-state index in [-0.39, 0.29) is 5.91 Å². The Kier molecular flexibility index (Phi) is 4.08. The summed E-state index contributed by atoms with van der Waals surface area (Å²) in [6.07, 6.45) is 3.98. The Morgan fingerprint density at radius 1 is 1.50 bits per heavy atom. The van der Waals surface area contributed by atoms with Gasteiger partial charge in [-0.2, -0.15) is 0 Å². The van der Waals surface area contributed by atoms with Gasteiger partial charge in [0, 0.05) is 12.5 Å². The Bertz CT molecular complexity index is 143. The SMILES string of the molecule is CCNCCCC(=O)NC1CC1. The standard InChI is InChI=1S/C9H18N2O/c1-2-10-7-3-4-9(12)11-8-5-6-8/h8,10H,2-7H2,1H3,(H,11,12). The predicted octanol–water partition coefficient (Wildman–Crippen LogP) is 0.655. The van der Waals surface area contributed by atoms with E-state index in [4.69, 9.17) is 0 Å². The monoisotopic (exact) mass is 170 g/mol. The summed E-state index contributed by atoms with van der Waals surface area (Å²) in [4.78, 5) is 11.1. The van der Waals surface area contributed by atoms with Gasteiger partial charge in [0.2, 0.25) is 5.91 Å². The Morgan fingerprint density at radius 3 is 2.83 bits per heavy atom. The zero-order valence-electron chi connectivity index (χ0n) is 7.73. The maximum Gasteiger partial charge on any atom is 0.220 e. The van der Waals surface area contributed by atoms with Gasteiger partial charge in [-0.15, -0.1) is 0 Å². The van der Waals surface area contributed by atoms with Gasteiger partial charge in [0.05, 0.1) is 0 Å². The first kappa shape index (κ1) is 9.52. The van der Waals surface area contributed by atoms with E-state index >= 15 is 0 Å². The smallest absolute Gasteiger partial charge is 0.220 e. The summed E-state index contributed by atoms with van der Waals surface area (Å²) in [6, 6.07) is 0.511. The van der Waals surface area contributed by atoms with Crippen LogP contribution in [-0.2, 0) is 4.79 Å². The van der Waals surface area contributed by atoms with E-state index in [9.17, 15) is 4.79 Å². The van der Waals surface area contributed by atoms with Crippen LogP contribution in [0, 0.1) is 0 Å². The number of rotatable bonds is 6. The lowest BCUT2D eigenvalue weighted by molar-refractivity contribution is -0.121. The molecule has 1 aliphatic rings. The quantitative estimate of drug-likeness (QED) is 0.575. The number of hydrogen-bond donors (Lipinski definition) is 2. The first-order chi connectivity index (χ1) is 5.83. The van der Waals surface area contributed by atoms with Crippen molar-refractivity contribution >= 4 is 5.91 Å². The van der Waals surface area contributed by atoms with Gasteiger partial charge >= 0.3 is 0 Å². The lowest BCUT2D eigenvalue weighted by Gasteiger charge is -2.02. The van der Waals surface area contributed by atoms with Gasteiger partial charge in [-0.25, -0.2) is 0 Å². The number of carbonyl (C=O) groups excluding carboxylic acids is 1. The molecule has 0 unspecified atom stereocenters. The molecule has 0 heterocycles. The van der Waals surface area contributed by atoms with Gasteiger partial charge in [-0.3, -0.25) is 4.79 Å². The summed E-state index contributed by atoms with van der Waals surface area (Å²) in [5.41, 5.74) is 0. The maximum atomic E-state index is 11.1. The van der Waals surface area contributed by atoms with Crippen LogP contribution in [0.25, 0.3) is 0 Å². The minimum atomic E-state index is 0.218. The van der Waals surface area contributed by atoms with Crippen LogP contribution in [0.15, 0.2) is 0 Å². The third kappa shape index (κ3) is 4.34. The van der Waals surface area contributed by atoms with Gasteiger partial charge in [-0.05, 0) is 32.4 Å². The summed E-state index contributed by atoms with van der Waals surface area (Å²) in [5, 5.41) is 6.16. The van der Waals surface area contributed by atoms with Crippen LogP contribution in [0.1, 0.15) is 32.6 Å². The largest absolute Gasteiger partial charge is 0.353 e. The van der Waals surface area contributed by atoms with Gasteiger partial charge < -0.3 is 10.6 Å². The second-order valence-corrected chi connectivity index (χ2v) is 3.30. The van der Waals surface area contributed by atoms with Crippen LogP contribution in [-0.4, -0.2) is 25.0 Å². The van der Waals surface area contributed by atoms with Gasteiger partial charge in [0.15, 0.2) is 0 Å². The third-order valence-corrected chi connectivity index (χ3v) is 1.95. The molecule has 1 saturated carbocycles. The minimum absolute atomic E-state index is 0.218. The zero-order chi connectivity index (χ0) is 8.81. The fraction of sp³-hybridized carbons (Fsp3) is 0.889. The molecule has 0 spiro atoms. The molecule has 1 amide bonds. The Balaban J connectivity index is 1.87. The fourth-order valence-electron chi connectivity index (χ4n) is 1.08. The van der Waals surface area contributed by atoms with Crippen molar-refractivity contribution in [3.63, 3.8) is 0 Å². The summed E-state index contributed by atoms with van der Waals surface area (Å²) in [6.45, 7) is 4.02. The zero-order valence-corrected chi connectivity index (χ0v) is 7.73. The van der Waals surface area contributed by atoms with E-state index in [2.05, 4.69) is 17.6 Å². The molecule has 3 heteroatoms. The lowest BCUT2D eigenvalue weighted by Crippen LogP contribution is -2.26. The summed E-state index contributed by atoms with van der Waals surface area (Å²) in [5.74, 6) is 0.218. The van der Waals surface area contributed by atoms with Crippen molar-refractivity contribution in [2.75, 3.05) is 13.1 Å². The normalized spacial score (nSPS) is 16.1. The predicted molar refractivity (Wildman–Crippen MR) is 48.9 cm³/mol. The van der Waals surface area contributed by atoms with Crippen LogP contribution in [0.5, 0.6) is 0 Å². The molecule has 0 atom stereocenters. The number of carbonyl (C=O) groups is 1. The summed E-state index contributed by atoms with van der Waals surface area (Å²) < 4.78 is 0. The molecule has 2 N–H and O–H groups in total. The second kappa shape index (κ2) is 5.14. The third-order valence-electron chi connectivity index (χ3n) is 1.95. The van der Waals surface area contributed by atoms with E-state index in [0.29, 0.717) is 12.5 Å². The Morgan fingerprint density at radius 2 is 2.25 bits per heavy atom. The Labute approximate surface area is 73.9 Å². The molecule has 12 heavy (non-hydrogen) atoms. The van der Waals surface area contributed by atoms with E-state index in [1.54, 1.807) is 0 Å². The van der Waals surface area contributed by atoms with Crippen molar-refractivity contribution in [1.82, 2.24) is 10.6 Å². The summed E-state index contributed by atoms with van der Waals surface area (Å²) in [7, 11) is 0. The average molecular weight is 170 g/mol. The van der Waals surface area contributed by atoms with Crippen molar-refractivity contribution in [2.45, 2.75) is 38.6 Å². The molecule has 0 aromatic carbocycles. The molecule has 0 aliphatic heterocycles. The van der Waals surface area contributed by atoms with Crippen molar-refractivity contribution < 1.29 is 4.79 Å². The molecule has 0 radical (unpaired) electrons. The van der Waals surface area contributed by atoms with Crippen molar-refractivity contribution in [1.29, 1.82) is 0 Å². The summed E-state index contributed by atoms with van der Waals surface area (Å²) >= 11 is 0. The molecule has 70 valence electrons. The van der Waals surface area contributed by atoms with E-state index in [1.807, 2.05) is 0 Å². The molecular weight excluding hydrogens is 152 g/mol. The highest BCUT2D eigenvalue weighted by atomic mass is 16.1. The number of amides is 1. The van der Waals surface area contributed by atoms with Crippen molar-refractivity contribution in [2.24, 2.45) is 0 Å². The van der Waals surface area contributed by atoms with Crippen LogP contribution in [0.2, 0.25) is 0 Å². The van der Waals surface area contributed by atoms with Crippen molar-refractivity contribution in [3.8, 4) is 0 Å². The molecule has 1 rings (SSSR count). The fourth-order valence-corrected chi connectivity index (χ4v) is 1.08. The van der Waals surface area contributed by atoms with Crippen molar-refractivity contribution in [3.05, 3.63) is 0 Å². The molecule has 1 aliphatic carbocycles. The van der Waals surface area contributed by atoms with E-state index < -0.39 is 0 Å². The van der Waals surface area contributed by atoms with E-state index in [1.165, 1.54) is 12.8 Å². The van der Waals surface area contributed by atoms with Crippen LogP contribution in [0.4, 0.5) is 0 Å². The molecule has 0 bridgehead atoms. The molecular formula is C9H18N2O.